The third-order valence-corrected chi connectivity index (χ3v) is 14.6. The molecule has 3 aromatic heterocycles. The molecule has 8 bridgehead atoms. The first-order valence-corrected chi connectivity index (χ1v) is 26.0. The van der Waals surface area contributed by atoms with Gasteiger partial charge in [-0.05, 0) is 132 Å². The zero-order valence-electron chi connectivity index (χ0n) is 40.4. The van der Waals surface area contributed by atoms with E-state index < -0.39 is 0 Å². The van der Waals surface area contributed by atoms with Crippen molar-refractivity contribution in [2.24, 2.45) is 0 Å². The zero-order chi connectivity index (χ0) is 52.5. The van der Waals surface area contributed by atoms with Gasteiger partial charge in [-0.25, -0.2) is 9.97 Å². The summed E-state index contributed by atoms with van der Waals surface area (Å²) in [6.07, 6.45) is 0. The Kier molecular flexibility index (Phi) is 17.1. The van der Waals surface area contributed by atoms with Gasteiger partial charge in [-0.2, -0.15) is 0 Å². The van der Waals surface area contributed by atoms with Crippen LogP contribution < -0.4 is 9.97 Å². The van der Waals surface area contributed by atoms with E-state index in [-0.39, 0.29) is 19.5 Å². The van der Waals surface area contributed by atoms with Gasteiger partial charge < -0.3 is 29.9 Å². The second-order valence-electron chi connectivity index (χ2n) is 17.2. The van der Waals surface area contributed by atoms with Crippen LogP contribution in [0.3, 0.4) is 0 Å². The molecule has 0 aliphatic carbocycles. The standard InChI is InChI=1S/C38H18Cl2N8.3C7H6Cl2.Zn/c39-19-16-17-29(40)28(18-19)20-14-7-15-27-30(20)38-47-36-26-13-6-5-12-25(26)34(45-36)43-32-22-9-2-1-8-21(22)31(41-32)42-33-23-10-3-4-11-24(23)35(44-33)46-37(27)48-38;3*1-5-4-6(8)2-3-7(5)9;/h1-18H;3*2-4H,1H3;/q-2;;;;+2. The minimum Gasteiger partial charge on any atom is -0.357 e. The molecule has 0 spiro atoms. The predicted molar refractivity (Wildman–Crippen MR) is 313 cm³/mol. The smallest absolute Gasteiger partial charge is 0.357 e. The van der Waals surface area contributed by atoms with E-state index in [0.29, 0.717) is 55.9 Å². The quantitative estimate of drug-likeness (QED) is 0.150. The molecule has 0 saturated carbocycles. The second-order valence-corrected chi connectivity index (χ2v) is 20.5. The van der Waals surface area contributed by atoms with Crippen LogP contribution >= 0.6 is 92.8 Å². The summed E-state index contributed by atoms with van der Waals surface area (Å²) >= 11 is 47.4. The van der Waals surface area contributed by atoms with Crippen LogP contribution in [0, 0.1) is 20.8 Å². The average molecular weight is 1210 g/mol. The summed E-state index contributed by atoms with van der Waals surface area (Å²) in [6, 6.07) is 51.2. The van der Waals surface area contributed by atoms with Gasteiger partial charge in [-0.1, -0.05) is 184 Å². The van der Waals surface area contributed by atoms with Gasteiger partial charge in [0, 0.05) is 96.0 Å². The van der Waals surface area contributed by atoms with Gasteiger partial charge in [0.05, 0.1) is 23.3 Å². The van der Waals surface area contributed by atoms with Crippen molar-refractivity contribution in [1.29, 1.82) is 0 Å². The minimum absolute atomic E-state index is 0. The number of aryl methyl sites for hydroxylation is 3. The maximum atomic E-state index is 6.76. The van der Waals surface area contributed by atoms with Crippen LogP contribution in [0.5, 0.6) is 0 Å². The van der Waals surface area contributed by atoms with E-state index in [1.165, 1.54) is 0 Å². The number of nitrogens with zero attached hydrogens (tertiary/aromatic N) is 8. The van der Waals surface area contributed by atoms with Gasteiger partial charge in [-0.3, -0.25) is 0 Å². The molecule has 0 amide bonds. The molecule has 0 atom stereocenters. The van der Waals surface area contributed by atoms with Crippen LogP contribution in [0.2, 0.25) is 40.2 Å². The van der Waals surface area contributed by atoms with Crippen LogP contribution in [0.1, 0.15) is 16.7 Å². The predicted octanol–water partition coefficient (Wildman–Crippen LogP) is 19.0. The van der Waals surface area contributed by atoms with Crippen LogP contribution in [0.4, 0.5) is 0 Å². The molecule has 0 radical (unpaired) electrons. The fourth-order valence-electron chi connectivity index (χ4n) is 8.31. The molecule has 370 valence electrons. The fourth-order valence-corrected chi connectivity index (χ4v) is 9.73. The van der Waals surface area contributed by atoms with Crippen LogP contribution in [0.25, 0.3) is 101 Å². The number of fused-ring (bicyclic) bond motifs is 20. The molecule has 8 aromatic carbocycles. The first-order chi connectivity index (χ1) is 36.2. The van der Waals surface area contributed by atoms with E-state index in [1.807, 2.05) is 136 Å². The van der Waals surface area contributed by atoms with Crippen molar-refractivity contribution in [3.05, 3.63) is 221 Å². The van der Waals surface area contributed by atoms with E-state index in [4.69, 9.17) is 133 Å². The van der Waals surface area contributed by atoms with Crippen molar-refractivity contribution in [2.45, 2.75) is 20.8 Å². The first-order valence-electron chi connectivity index (χ1n) is 23.0. The molecule has 2 aliphatic rings. The third kappa shape index (κ3) is 11.8. The van der Waals surface area contributed by atoms with E-state index in [1.54, 1.807) is 48.5 Å². The van der Waals surface area contributed by atoms with Crippen molar-refractivity contribution in [3.63, 3.8) is 0 Å². The molecular weight excluding hydrogens is 1170 g/mol. The Morgan fingerprint density at radius 1 is 0.289 bits per heavy atom. The molecule has 8 nitrogen and oxygen atoms in total. The molecule has 0 unspecified atom stereocenters. The minimum atomic E-state index is 0. The SMILES string of the molecule is Cc1cc(Cl)ccc1Cl.Cc1cc(Cl)ccc1Cl.Cc1cc(Cl)ccc1Cl.Clc1ccc(Cl)c(-c2cccc3c4nc5nc(nc6[n-]c(nc7nc(nc([n-]4)c23)-c2ccccc2-7)c2ccccc62)-c2ccccc2-5)c1.[Zn+2]. The van der Waals surface area contributed by atoms with Crippen LogP contribution in [-0.2, 0) is 19.5 Å². The van der Waals surface area contributed by atoms with E-state index in [0.717, 1.165) is 102 Å². The Morgan fingerprint density at radius 3 is 1.00 bits per heavy atom. The van der Waals surface area contributed by atoms with Gasteiger partial charge >= 0.3 is 19.5 Å². The van der Waals surface area contributed by atoms with Crippen molar-refractivity contribution in [2.75, 3.05) is 0 Å². The zero-order valence-corrected chi connectivity index (χ0v) is 49.4. The Morgan fingerprint density at radius 2 is 0.605 bits per heavy atom. The van der Waals surface area contributed by atoms with Crippen molar-refractivity contribution < 1.29 is 19.5 Å². The average Bonchev–Trinajstić information content (AvgIpc) is 4.19. The summed E-state index contributed by atoms with van der Waals surface area (Å²) in [4.78, 5) is 40.0. The Hall–Kier alpha value is -5.94. The summed E-state index contributed by atoms with van der Waals surface area (Å²) in [7, 11) is 0. The molecule has 0 saturated heterocycles. The van der Waals surface area contributed by atoms with Crippen LogP contribution in [0.15, 0.2) is 164 Å². The van der Waals surface area contributed by atoms with Gasteiger partial charge in [0.1, 0.15) is 0 Å². The number of benzene rings is 8. The number of aromatic nitrogens is 8. The Labute approximate surface area is 490 Å². The maximum absolute atomic E-state index is 6.76. The van der Waals surface area contributed by atoms with E-state index in [2.05, 4.69) is 0 Å². The maximum Gasteiger partial charge on any atom is 2.00 e. The summed E-state index contributed by atoms with van der Waals surface area (Å²) in [5.74, 6) is 1.99. The number of hydrogen-bond donors (Lipinski definition) is 0. The van der Waals surface area contributed by atoms with Gasteiger partial charge in [-0.15, -0.1) is 0 Å². The molecule has 11 aromatic rings. The largest absolute Gasteiger partial charge is 2.00 e. The Balaban J connectivity index is 0.000000205. The third-order valence-electron chi connectivity index (χ3n) is 12.0. The first kappa shape index (κ1) is 54.8. The van der Waals surface area contributed by atoms with Gasteiger partial charge in [0.2, 0.25) is 0 Å². The molecule has 0 fully saturated rings. The number of halogens is 8. The van der Waals surface area contributed by atoms with Crippen molar-refractivity contribution in [3.8, 4) is 56.7 Å². The van der Waals surface area contributed by atoms with Gasteiger partial charge in [0.15, 0.2) is 0 Å². The Bertz CT molecular complexity index is 4080. The van der Waals surface area contributed by atoms with Gasteiger partial charge in [0.25, 0.3) is 0 Å². The molecular formula is C59H36Cl8N8Zn. The van der Waals surface area contributed by atoms with Crippen molar-refractivity contribution >= 4 is 137 Å². The molecule has 2 aliphatic heterocycles. The van der Waals surface area contributed by atoms with Crippen LogP contribution in [-0.4, -0.2) is 29.9 Å². The number of hydrogen-bond acceptors (Lipinski definition) is 6. The molecule has 76 heavy (non-hydrogen) atoms. The van der Waals surface area contributed by atoms with Crippen molar-refractivity contribution in [1.82, 2.24) is 39.9 Å². The number of rotatable bonds is 1. The fraction of sp³-hybridized carbons (Fsp3) is 0.0508. The topological polar surface area (TPSA) is 106 Å². The second kappa shape index (κ2) is 23.8. The summed E-state index contributed by atoms with van der Waals surface area (Å²) < 4.78 is 0. The normalized spacial score (nSPS) is 11.0. The molecule has 13 rings (SSSR count). The molecule has 0 N–H and O–H groups in total. The molecule has 17 heteroatoms. The summed E-state index contributed by atoms with van der Waals surface area (Å²) in [6.45, 7) is 5.77. The van der Waals surface area contributed by atoms with E-state index >= 15 is 0 Å². The van der Waals surface area contributed by atoms with E-state index in [9.17, 15) is 0 Å². The summed E-state index contributed by atoms with van der Waals surface area (Å²) in [5, 5.41) is 8.89. The molecule has 5 heterocycles. The summed E-state index contributed by atoms with van der Waals surface area (Å²) in [5.41, 5.74) is 9.96. The monoisotopic (exact) mass is 1200 g/mol.